The van der Waals surface area contributed by atoms with Crippen LogP contribution in [-0.2, 0) is 6.54 Å². The largest absolute Gasteiger partial charge is 0.486 e. The van der Waals surface area contributed by atoms with Gasteiger partial charge in [0.15, 0.2) is 11.5 Å². The number of aromatic nitrogens is 2. The molecule has 2 heterocycles. The van der Waals surface area contributed by atoms with E-state index in [1.54, 1.807) is 0 Å². The van der Waals surface area contributed by atoms with Gasteiger partial charge >= 0.3 is 0 Å². The minimum absolute atomic E-state index is 0.106. The quantitative estimate of drug-likeness (QED) is 0.718. The van der Waals surface area contributed by atoms with Crippen LogP contribution < -0.4 is 14.8 Å². The Morgan fingerprint density at radius 3 is 2.48 bits per heavy atom. The van der Waals surface area contributed by atoms with Crippen LogP contribution >= 0.6 is 0 Å². The number of carbonyl (C=O) groups is 1. The Balaban J connectivity index is 1.41. The SMILES string of the molecule is Cc1cc(C)n(Cc2ccc(C(=O)N[C@@H](C)c3ccc4c(c3)OCCO4)cc2)n1. The Labute approximate surface area is 170 Å². The van der Waals surface area contributed by atoms with E-state index in [9.17, 15) is 4.79 Å². The first-order valence-electron chi connectivity index (χ1n) is 9.80. The van der Waals surface area contributed by atoms with Gasteiger partial charge in [-0.2, -0.15) is 5.10 Å². The average molecular weight is 391 g/mol. The molecule has 1 aromatic heterocycles. The van der Waals surface area contributed by atoms with Crippen LogP contribution in [0, 0.1) is 13.8 Å². The summed E-state index contributed by atoms with van der Waals surface area (Å²) in [5.41, 5.74) is 4.84. The summed E-state index contributed by atoms with van der Waals surface area (Å²) in [5, 5.41) is 7.53. The number of amides is 1. The van der Waals surface area contributed by atoms with Crippen molar-refractivity contribution in [2.45, 2.75) is 33.4 Å². The van der Waals surface area contributed by atoms with Gasteiger partial charge in [-0.05, 0) is 62.2 Å². The van der Waals surface area contributed by atoms with Gasteiger partial charge < -0.3 is 14.8 Å². The van der Waals surface area contributed by atoms with E-state index < -0.39 is 0 Å². The fraction of sp³-hybridized carbons (Fsp3) is 0.304. The lowest BCUT2D eigenvalue weighted by Gasteiger charge is -2.21. The van der Waals surface area contributed by atoms with Gasteiger partial charge in [0.25, 0.3) is 5.91 Å². The van der Waals surface area contributed by atoms with E-state index in [0.717, 1.165) is 34.0 Å². The van der Waals surface area contributed by atoms with Crippen molar-refractivity contribution in [2.24, 2.45) is 0 Å². The van der Waals surface area contributed by atoms with E-state index in [0.29, 0.717) is 25.3 Å². The predicted molar refractivity (Wildman–Crippen MR) is 111 cm³/mol. The number of aryl methyl sites for hydroxylation is 2. The number of hydrogen-bond donors (Lipinski definition) is 1. The maximum atomic E-state index is 12.7. The average Bonchev–Trinajstić information content (AvgIpc) is 3.04. The van der Waals surface area contributed by atoms with E-state index in [-0.39, 0.29) is 11.9 Å². The van der Waals surface area contributed by atoms with E-state index in [2.05, 4.69) is 16.5 Å². The van der Waals surface area contributed by atoms with Gasteiger partial charge in [-0.25, -0.2) is 0 Å². The van der Waals surface area contributed by atoms with Crippen LogP contribution in [0.4, 0.5) is 0 Å². The summed E-state index contributed by atoms with van der Waals surface area (Å²) in [6.07, 6.45) is 0. The van der Waals surface area contributed by atoms with Crippen LogP contribution in [0.1, 0.15) is 45.8 Å². The number of nitrogens with zero attached hydrogens (tertiary/aromatic N) is 2. The van der Waals surface area contributed by atoms with Crippen molar-refractivity contribution in [1.29, 1.82) is 0 Å². The molecule has 1 amide bonds. The number of hydrogen-bond acceptors (Lipinski definition) is 4. The number of carbonyl (C=O) groups excluding carboxylic acids is 1. The lowest BCUT2D eigenvalue weighted by molar-refractivity contribution is 0.0939. The maximum Gasteiger partial charge on any atom is 0.251 e. The molecule has 1 atom stereocenters. The first-order chi connectivity index (χ1) is 14.0. The van der Waals surface area contributed by atoms with Crippen LogP contribution in [0.2, 0.25) is 0 Å². The monoisotopic (exact) mass is 391 g/mol. The Morgan fingerprint density at radius 2 is 1.79 bits per heavy atom. The topological polar surface area (TPSA) is 65.4 Å². The molecule has 150 valence electrons. The maximum absolute atomic E-state index is 12.7. The first kappa shape index (κ1) is 19.1. The highest BCUT2D eigenvalue weighted by atomic mass is 16.6. The molecule has 1 N–H and O–H groups in total. The first-order valence-corrected chi connectivity index (χ1v) is 9.80. The lowest BCUT2D eigenvalue weighted by atomic mass is 10.1. The molecule has 1 aliphatic rings. The molecular formula is C23H25N3O3. The summed E-state index contributed by atoms with van der Waals surface area (Å²) in [5.74, 6) is 1.37. The molecule has 0 aliphatic carbocycles. The number of ether oxygens (including phenoxy) is 2. The second kappa shape index (κ2) is 7.99. The minimum atomic E-state index is -0.146. The van der Waals surface area contributed by atoms with Crippen molar-refractivity contribution in [2.75, 3.05) is 13.2 Å². The van der Waals surface area contributed by atoms with Gasteiger partial charge in [-0.3, -0.25) is 9.48 Å². The van der Waals surface area contributed by atoms with Gasteiger partial charge in [0, 0.05) is 11.3 Å². The van der Waals surface area contributed by atoms with Gasteiger partial charge in [-0.15, -0.1) is 0 Å². The van der Waals surface area contributed by atoms with E-state index in [4.69, 9.17) is 9.47 Å². The number of nitrogens with one attached hydrogen (secondary N) is 1. The van der Waals surface area contributed by atoms with Crippen molar-refractivity contribution >= 4 is 5.91 Å². The molecule has 0 saturated heterocycles. The molecule has 6 nitrogen and oxygen atoms in total. The third-order valence-corrected chi connectivity index (χ3v) is 5.07. The number of fused-ring (bicyclic) bond motifs is 1. The lowest BCUT2D eigenvalue weighted by Crippen LogP contribution is -2.26. The zero-order valence-electron chi connectivity index (χ0n) is 16.9. The van der Waals surface area contributed by atoms with Crippen molar-refractivity contribution in [3.05, 3.63) is 76.6 Å². The third-order valence-electron chi connectivity index (χ3n) is 5.07. The molecule has 6 heteroatoms. The molecule has 3 aromatic rings. The molecule has 4 rings (SSSR count). The smallest absolute Gasteiger partial charge is 0.251 e. The highest BCUT2D eigenvalue weighted by molar-refractivity contribution is 5.94. The molecule has 0 bridgehead atoms. The van der Waals surface area contributed by atoms with Gasteiger partial charge in [-0.1, -0.05) is 18.2 Å². The van der Waals surface area contributed by atoms with Crippen LogP contribution in [-0.4, -0.2) is 28.9 Å². The Morgan fingerprint density at radius 1 is 1.07 bits per heavy atom. The predicted octanol–water partition coefficient (Wildman–Crippen LogP) is 3.81. The van der Waals surface area contributed by atoms with Crippen molar-refractivity contribution in [3.8, 4) is 11.5 Å². The molecule has 0 saturated carbocycles. The van der Waals surface area contributed by atoms with Crippen molar-refractivity contribution in [1.82, 2.24) is 15.1 Å². The second-order valence-electron chi connectivity index (χ2n) is 7.38. The third kappa shape index (κ3) is 4.26. The summed E-state index contributed by atoms with van der Waals surface area (Å²) in [6, 6.07) is 15.3. The van der Waals surface area contributed by atoms with Gasteiger partial charge in [0.2, 0.25) is 0 Å². The normalized spacial score (nSPS) is 13.8. The van der Waals surface area contributed by atoms with Gasteiger partial charge in [0.1, 0.15) is 13.2 Å². The molecule has 1 aliphatic heterocycles. The molecule has 0 unspecified atom stereocenters. The van der Waals surface area contributed by atoms with E-state index in [1.165, 1.54) is 0 Å². The van der Waals surface area contributed by atoms with Crippen molar-refractivity contribution in [3.63, 3.8) is 0 Å². The molecule has 0 spiro atoms. The Hall–Kier alpha value is -3.28. The van der Waals surface area contributed by atoms with Crippen LogP contribution in [0.15, 0.2) is 48.5 Å². The van der Waals surface area contributed by atoms with Crippen LogP contribution in [0.5, 0.6) is 11.5 Å². The van der Waals surface area contributed by atoms with E-state index >= 15 is 0 Å². The molecule has 0 fully saturated rings. The second-order valence-corrected chi connectivity index (χ2v) is 7.38. The Kier molecular flexibility index (Phi) is 5.25. The van der Waals surface area contributed by atoms with Crippen LogP contribution in [0.3, 0.4) is 0 Å². The minimum Gasteiger partial charge on any atom is -0.486 e. The van der Waals surface area contributed by atoms with Crippen molar-refractivity contribution < 1.29 is 14.3 Å². The standard InChI is InChI=1S/C23H25N3O3/c1-15-12-16(2)26(25-15)14-18-4-6-19(7-5-18)23(27)24-17(3)20-8-9-21-22(13-20)29-11-10-28-21/h4-9,12-13,17H,10-11,14H2,1-3H3,(H,24,27)/t17-/m0/s1. The highest BCUT2D eigenvalue weighted by Gasteiger charge is 2.16. The zero-order valence-corrected chi connectivity index (χ0v) is 16.9. The Bertz CT molecular complexity index is 1020. The van der Waals surface area contributed by atoms with Gasteiger partial charge in [0.05, 0.1) is 18.3 Å². The summed E-state index contributed by atoms with van der Waals surface area (Å²) < 4.78 is 13.2. The van der Waals surface area contributed by atoms with E-state index in [1.807, 2.05) is 67.9 Å². The summed E-state index contributed by atoms with van der Waals surface area (Å²) in [6.45, 7) is 7.78. The molecule has 29 heavy (non-hydrogen) atoms. The number of rotatable bonds is 5. The zero-order chi connectivity index (χ0) is 20.4. The molecular weight excluding hydrogens is 366 g/mol. The molecule has 2 aromatic carbocycles. The summed E-state index contributed by atoms with van der Waals surface area (Å²) >= 11 is 0. The molecule has 0 radical (unpaired) electrons. The van der Waals surface area contributed by atoms with Crippen LogP contribution in [0.25, 0.3) is 0 Å². The fourth-order valence-corrected chi connectivity index (χ4v) is 3.46. The number of benzene rings is 2. The highest BCUT2D eigenvalue weighted by Crippen LogP contribution is 2.32. The summed E-state index contributed by atoms with van der Waals surface area (Å²) in [7, 11) is 0. The fourth-order valence-electron chi connectivity index (χ4n) is 3.46. The summed E-state index contributed by atoms with van der Waals surface area (Å²) in [4.78, 5) is 12.7.